The highest BCUT2D eigenvalue weighted by Gasteiger charge is 2.13. The molecule has 172 valence electrons. The number of unbranched alkanes of at least 4 members (excludes halogenated alkanes) is 1. The molecule has 0 saturated carbocycles. The van der Waals surface area contributed by atoms with E-state index in [1.54, 1.807) is 6.07 Å². The van der Waals surface area contributed by atoms with Crippen LogP contribution in [0.1, 0.15) is 46.3 Å². The monoisotopic (exact) mass is 466 g/mol. The lowest BCUT2D eigenvalue weighted by Gasteiger charge is -2.15. The molecule has 0 aliphatic carbocycles. The third-order valence-corrected chi connectivity index (χ3v) is 5.72. The van der Waals surface area contributed by atoms with Crippen molar-refractivity contribution in [2.45, 2.75) is 39.7 Å². The molecule has 0 fully saturated rings. The molecule has 0 heterocycles. The SMILES string of the molecule is Cc1ccc(-c2cccc(COc3cc(OCCCCC(=O)O)c(C=O)cc3Cl)c2C)cc1. The summed E-state index contributed by atoms with van der Waals surface area (Å²) >= 11 is 6.34. The summed E-state index contributed by atoms with van der Waals surface area (Å²) in [5, 5.41) is 9.05. The lowest BCUT2D eigenvalue weighted by Crippen LogP contribution is -2.04. The van der Waals surface area contributed by atoms with Crippen LogP contribution in [0, 0.1) is 13.8 Å². The quantitative estimate of drug-likeness (QED) is 0.253. The molecule has 0 spiro atoms. The van der Waals surface area contributed by atoms with Gasteiger partial charge in [-0.3, -0.25) is 9.59 Å². The normalized spacial score (nSPS) is 10.6. The zero-order chi connectivity index (χ0) is 23.8. The highest BCUT2D eigenvalue weighted by atomic mass is 35.5. The maximum atomic E-state index is 11.4. The fourth-order valence-electron chi connectivity index (χ4n) is 3.48. The third kappa shape index (κ3) is 6.59. The van der Waals surface area contributed by atoms with E-state index in [9.17, 15) is 9.59 Å². The summed E-state index contributed by atoms with van der Waals surface area (Å²) in [5.74, 6) is -0.0553. The molecule has 0 amide bonds. The van der Waals surface area contributed by atoms with Gasteiger partial charge in [0.25, 0.3) is 0 Å². The summed E-state index contributed by atoms with van der Waals surface area (Å²) in [6.45, 7) is 4.74. The number of carbonyl (C=O) groups is 2. The molecule has 0 bridgehead atoms. The van der Waals surface area contributed by atoms with Crippen LogP contribution in [0.4, 0.5) is 0 Å². The third-order valence-electron chi connectivity index (χ3n) is 5.43. The average molecular weight is 467 g/mol. The van der Waals surface area contributed by atoms with Gasteiger partial charge in [0.05, 0.1) is 17.2 Å². The van der Waals surface area contributed by atoms with E-state index in [0.29, 0.717) is 54.4 Å². The first-order chi connectivity index (χ1) is 15.9. The van der Waals surface area contributed by atoms with Crippen LogP contribution in [-0.4, -0.2) is 24.0 Å². The highest BCUT2D eigenvalue weighted by Crippen LogP contribution is 2.34. The number of ether oxygens (including phenoxy) is 2. The van der Waals surface area contributed by atoms with Crippen LogP contribution in [0.5, 0.6) is 11.5 Å². The Labute approximate surface area is 198 Å². The lowest BCUT2D eigenvalue weighted by molar-refractivity contribution is -0.137. The van der Waals surface area contributed by atoms with E-state index < -0.39 is 5.97 Å². The molecule has 0 aliphatic heterocycles. The molecular formula is C27H27ClO5. The molecule has 3 aromatic rings. The number of aldehydes is 1. The summed E-state index contributed by atoms with van der Waals surface area (Å²) in [5.41, 5.74) is 5.97. The molecule has 0 unspecified atom stereocenters. The molecule has 0 saturated heterocycles. The Morgan fingerprint density at radius 3 is 2.45 bits per heavy atom. The Hall–Kier alpha value is -3.31. The van der Waals surface area contributed by atoms with Crippen molar-refractivity contribution in [3.8, 4) is 22.6 Å². The van der Waals surface area contributed by atoms with E-state index in [1.807, 2.05) is 12.1 Å². The second-order valence-corrected chi connectivity index (χ2v) is 8.29. The fourth-order valence-corrected chi connectivity index (χ4v) is 3.71. The fraction of sp³-hybridized carbons (Fsp3) is 0.259. The van der Waals surface area contributed by atoms with Crippen molar-refractivity contribution >= 4 is 23.9 Å². The first-order valence-electron chi connectivity index (χ1n) is 10.8. The van der Waals surface area contributed by atoms with Crippen LogP contribution in [0.15, 0.2) is 54.6 Å². The molecule has 0 aromatic heterocycles. The summed E-state index contributed by atoms with van der Waals surface area (Å²) in [7, 11) is 0. The number of hydrogen-bond donors (Lipinski definition) is 1. The van der Waals surface area contributed by atoms with E-state index in [-0.39, 0.29) is 6.42 Å². The zero-order valence-electron chi connectivity index (χ0n) is 18.8. The van der Waals surface area contributed by atoms with Crippen molar-refractivity contribution in [3.05, 3.63) is 81.9 Å². The van der Waals surface area contributed by atoms with E-state index >= 15 is 0 Å². The van der Waals surface area contributed by atoms with Gasteiger partial charge in [0.2, 0.25) is 0 Å². The summed E-state index contributed by atoms with van der Waals surface area (Å²) in [4.78, 5) is 22.1. The molecule has 5 nitrogen and oxygen atoms in total. The Morgan fingerprint density at radius 2 is 1.76 bits per heavy atom. The molecular weight excluding hydrogens is 440 g/mol. The number of halogens is 1. The van der Waals surface area contributed by atoms with Crippen LogP contribution in [0.25, 0.3) is 11.1 Å². The van der Waals surface area contributed by atoms with Crippen molar-refractivity contribution in [1.29, 1.82) is 0 Å². The zero-order valence-corrected chi connectivity index (χ0v) is 19.5. The van der Waals surface area contributed by atoms with Crippen LogP contribution >= 0.6 is 11.6 Å². The van der Waals surface area contributed by atoms with Crippen molar-refractivity contribution in [2.75, 3.05) is 6.61 Å². The Morgan fingerprint density at radius 1 is 1.00 bits per heavy atom. The van der Waals surface area contributed by atoms with Gasteiger partial charge in [-0.25, -0.2) is 0 Å². The van der Waals surface area contributed by atoms with Gasteiger partial charge in [0.15, 0.2) is 6.29 Å². The van der Waals surface area contributed by atoms with Crippen LogP contribution in [0.2, 0.25) is 5.02 Å². The summed E-state index contributed by atoms with van der Waals surface area (Å²) < 4.78 is 11.7. The molecule has 3 aromatic carbocycles. The number of carboxylic acid groups (broad SMARTS) is 1. The number of aryl methyl sites for hydroxylation is 1. The Balaban J connectivity index is 1.73. The van der Waals surface area contributed by atoms with Crippen molar-refractivity contribution in [1.82, 2.24) is 0 Å². The van der Waals surface area contributed by atoms with Crippen LogP contribution in [-0.2, 0) is 11.4 Å². The van der Waals surface area contributed by atoms with Crippen molar-refractivity contribution < 1.29 is 24.2 Å². The van der Waals surface area contributed by atoms with E-state index in [2.05, 4.69) is 44.2 Å². The molecule has 0 atom stereocenters. The number of carbonyl (C=O) groups excluding carboxylic acids is 1. The first-order valence-corrected chi connectivity index (χ1v) is 11.2. The predicted molar refractivity (Wildman–Crippen MR) is 130 cm³/mol. The molecule has 1 N–H and O–H groups in total. The second-order valence-electron chi connectivity index (χ2n) is 7.88. The van der Waals surface area contributed by atoms with E-state index in [0.717, 1.165) is 22.3 Å². The van der Waals surface area contributed by atoms with Gasteiger partial charge in [-0.1, -0.05) is 59.6 Å². The standard InChI is InChI=1S/C27H27ClO5/c1-18-9-11-20(12-10-18)23-7-5-6-21(19(23)2)17-33-26-15-25(22(16-29)14-24(26)28)32-13-4-3-8-27(30)31/h5-7,9-12,14-16H,3-4,8,13,17H2,1-2H3,(H,30,31). The first kappa shape index (κ1) is 24.3. The number of carboxylic acids is 1. The van der Waals surface area contributed by atoms with Crippen molar-refractivity contribution in [2.24, 2.45) is 0 Å². The van der Waals surface area contributed by atoms with E-state index in [4.69, 9.17) is 26.2 Å². The minimum absolute atomic E-state index is 0.0832. The summed E-state index contributed by atoms with van der Waals surface area (Å²) in [6, 6.07) is 17.6. The lowest BCUT2D eigenvalue weighted by atomic mass is 9.96. The second kappa shape index (κ2) is 11.5. The predicted octanol–water partition coefficient (Wildman–Crippen LogP) is 6.65. The van der Waals surface area contributed by atoms with Gasteiger partial charge < -0.3 is 14.6 Å². The maximum Gasteiger partial charge on any atom is 0.303 e. The van der Waals surface area contributed by atoms with Gasteiger partial charge in [0, 0.05) is 12.5 Å². The van der Waals surface area contributed by atoms with Gasteiger partial charge in [-0.2, -0.15) is 0 Å². The Kier molecular flexibility index (Phi) is 8.50. The Bertz CT molecular complexity index is 1120. The smallest absolute Gasteiger partial charge is 0.303 e. The highest BCUT2D eigenvalue weighted by molar-refractivity contribution is 6.32. The minimum Gasteiger partial charge on any atom is -0.493 e. The number of rotatable bonds is 11. The molecule has 3 rings (SSSR count). The molecule has 0 radical (unpaired) electrons. The van der Waals surface area contributed by atoms with Crippen LogP contribution < -0.4 is 9.47 Å². The van der Waals surface area contributed by atoms with Gasteiger partial charge in [-0.05, 0) is 55.0 Å². The largest absolute Gasteiger partial charge is 0.493 e. The summed E-state index contributed by atoms with van der Waals surface area (Å²) in [6.07, 6.45) is 1.82. The minimum atomic E-state index is -0.840. The van der Waals surface area contributed by atoms with Crippen LogP contribution in [0.3, 0.4) is 0 Å². The maximum absolute atomic E-state index is 11.4. The van der Waals surface area contributed by atoms with Gasteiger partial charge in [0.1, 0.15) is 18.1 Å². The number of hydrogen-bond acceptors (Lipinski definition) is 4. The molecule has 33 heavy (non-hydrogen) atoms. The topological polar surface area (TPSA) is 72.8 Å². The molecule has 6 heteroatoms. The number of benzene rings is 3. The van der Waals surface area contributed by atoms with Gasteiger partial charge >= 0.3 is 5.97 Å². The average Bonchev–Trinajstić information content (AvgIpc) is 2.80. The van der Waals surface area contributed by atoms with Crippen molar-refractivity contribution in [3.63, 3.8) is 0 Å². The number of aliphatic carboxylic acids is 1. The van der Waals surface area contributed by atoms with Gasteiger partial charge in [-0.15, -0.1) is 0 Å². The van der Waals surface area contributed by atoms with E-state index in [1.165, 1.54) is 11.6 Å². The molecule has 0 aliphatic rings.